The van der Waals surface area contributed by atoms with Crippen molar-refractivity contribution in [3.05, 3.63) is 310 Å². The number of rotatable bonds is 6. The molecule has 2 aliphatic carbocycles. The minimum atomic E-state index is -0.677. The number of fused-ring (bicyclic) bond motifs is 14. The van der Waals surface area contributed by atoms with E-state index in [2.05, 4.69) is 264 Å². The summed E-state index contributed by atoms with van der Waals surface area (Å²) in [4.78, 5) is 0. The van der Waals surface area contributed by atoms with Gasteiger partial charge in [0.05, 0.1) is 61.5 Å². The summed E-state index contributed by atoms with van der Waals surface area (Å²) in [5.41, 5.74) is 19.2. The monoisotopic (exact) mass is 938 g/mol. The smallest absolute Gasteiger partial charge is 0.101 e. The normalized spacial score (nSPS) is 13.6. The lowest BCUT2D eigenvalue weighted by atomic mass is 9.67. The van der Waals surface area contributed by atoms with E-state index in [1.807, 2.05) is 6.07 Å². The fourth-order valence-electron chi connectivity index (χ4n) is 13.7. The van der Waals surface area contributed by atoms with E-state index in [0.717, 1.165) is 49.3 Å². The third-order valence-corrected chi connectivity index (χ3v) is 16.3. The van der Waals surface area contributed by atoms with Gasteiger partial charge in [-0.15, -0.1) is 0 Å². The molecular formula is C70H42N4. The maximum Gasteiger partial charge on any atom is 0.101 e. The van der Waals surface area contributed by atoms with Crippen LogP contribution in [0.25, 0.3) is 77.2 Å². The van der Waals surface area contributed by atoms with E-state index in [-0.39, 0.29) is 0 Å². The van der Waals surface area contributed by atoms with E-state index in [9.17, 15) is 10.5 Å². The van der Waals surface area contributed by atoms with E-state index < -0.39 is 10.8 Å². The summed E-state index contributed by atoms with van der Waals surface area (Å²) in [6, 6.07) is 96.8. The van der Waals surface area contributed by atoms with Crippen LogP contribution in [0.2, 0.25) is 0 Å². The van der Waals surface area contributed by atoms with Gasteiger partial charge in [0.1, 0.15) is 6.07 Å². The molecule has 0 saturated carbocycles. The number of aromatic nitrogens is 2. The van der Waals surface area contributed by atoms with Gasteiger partial charge in [-0.1, -0.05) is 218 Å². The van der Waals surface area contributed by atoms with Crippen LogP contribution in [0.4, 0.5) is 0 Å². The standard InChI is InChI=1S/C70H42N4/c71-43-45-41-46(44-72)68(74-60-36-20-16-32-56(60)65-62(74)40-38-54-52-30-14-18-34-58(52)70(67(54)65,49-25-9-3-10-26-49)50-27-11-4-12-28-50)63(42-45)73-59-35-19-15-31-55(59)64-61(73)39-37-53-51-29-13-17-33-57(51)69(66(53)64,47-21-5-1-6-22-47)48-23-7-2-8-24-48/h1-42H. The van der Waals surface area contributed by atoms with Crippen molar-refractivity contribution in [1.29, 1.82) is 10.5 Å². The van der Waals surface area contributed by atoms with E-state index in [4.69, 9.17) is 0 Å². The number of hydrogen-bond acceptors (Lipinski definition) is 2. The molecule has 74 heavy (non-hydrogen) atoms. The van der Waals surface area contributed by atoms with Gasteiger partial charge in [0.15, 0.2) is 0 Å². The van der Waals surface area contributed by atoms with Crippen LogP contribution in [0, 0.1) is 22.7 Å². The maximum atomic E-state index is 11.5. The Morgan fingerprint density at radius 3 is 1.16 bits per heavy atom. The third-order valence-electron chi connectivity index (χ3n) is 16.3. The predicted molar refractivity (Wildman–Crippen MR) is 299 cm³/mol. The minimum Gasteiger partial charge on any atom is -0.307 e. The van der Waals surface area contributed by atoms with E-state index in [0.29, 0.717) is 16.8 Å². The summed E-state index contributed by atoms with van der Waals surface area (Å²) in [6.07, 6.45) is 0. The molecule has 0 atom stereocenters. The van der Waals surface area contributed by atoms with Crippen molar-refractivity contribution in [2.75, 3.05) is 0 Å². The number of nitriles is 2. The van der Waals surface area contributed by atoms with Gasteiger partial charge in [0.2, 0.25) is 0 Å². The highest BCUT2D eigenvalue weighted by atomic mass is 15.1. The first-order valence-corrected chi connectivity index (χ1v) is 25.2. The Bertz CT molecular complexity index is 4470. The molecule has 2 heterocycles. The summed E-state index contributed by atoms with van der Waals surface area (Å²) >= 11 is 0. The quantitative estimate of drug-likeness (QED) is 0.167. The summed E-state index contributed by atoms with van der Waals surface area (Å²) in [5, 5.41) is 26.9. The van der Waals surface area contributed by atoms with Gasteiger partial charge >= 0.3 is 0 Å². The van der Waals surface area contributed by atoms with Crippen LogP contribution in [0.1, 0.15) is 55.6 Å². The van der Waals surface area contributed by atoms with E-state index in [1.54, 1.807) is 6.07 Å². The summed E-state index contributed by atoms with van der Waals surface area (Å²) in [6.45, 7) is 0. The molecule has 0 bridgehead atoms. The Labute approximate surface area is 428 Å². The van der Waals surface area contributed by atoms with Gasteiger partial charge in [0, 0.05) is 21.5 Å². The molecule has 13 aromatic rings. The molecule has 0 radical (unpaired) electrons. The van der Waals surface area contributed by atoms with Gasteiger partial charge in [-0.25, -0.2) is 0 Å². The van der Waals surface area contributed by atoms with Gasteiger partial charge in [-0.2, -0.15) is 10.5 Å². The number of benzene rings is 11. The van der Waals surface area contributed by atoms with Crippen molar-refractivity contribution in [1.82, 2.24) is 9.13 Å². The first-order chi connectivity index (χ1) is 36.7. The molecule has 0 unspecified atom stereocenters. The molecule has 15 rings (SSSR count). The van der Waals surface area contributed by atoms with Crippen LogP contribution in [-0.4, -0.2) is 9.13 Å². The average Bonchev–Trinajstić information content (AvgIpc) is 4.19. The van der Waals surface area contributed by atoms with Crippen LogP contribution in [0.3, 0.4) is 0 Å². The van der Waals surface area contributed by atoms with Crippen LogP contribution >= 0.6 is 0 Å². The highest BCUT2D eigenvalue weighted by Crippen LogP contribution is 2.61. The molecule has 0 fully saturated rings. The first kappa shape index (κ1) is 41.8. The lowest BCUT2D eigenvalue weighted by molar-refractivity contribution is 0.776. The predicted octanol–water partition coefficient (Wildman–Crippen LogP) is 16.4. The van der Waals surface area contributed by atoms with Crippen LogP contribution in [0.5, 0.6) is 0 Å². The lowest BCUT2D eigenvalue weighted by Gasteiger charge is -2.34. The van der Waals surface area contributed by atoms with E-state index >= 15 is 0 Å². The second kappa shape index (κ2) is 15.7. The molecule has 2 aliphatic rings. The molecule has 4 heteroatoms. The summed E-state index contributed by atoms with van der Waals surface area (Å²) < 4.78 is 4.64. The molecule has 0 spiro atoms. The van der Waals surface area contributed by atoms with Crippen molar-refractivity contribution in [3.8, 4) is 45.8 Å². The van der Waals surface area contributed by atoms with Crippen LogP contribution < -0.4 is 0 Å². The highest BCUT2D eigenvalue weighted by Gasteiger charge is 2.49. The first-order valence-electron chi connectivity index (χ1n) is 25.2. The Morgan fingerprint density at radius 2 is 0.716 bits per heavy atom. The van der Waals surface area contributed by atoms with Gasteiger partial charge in [-0.05, 0) is 103 Å². The van der Waals surface area contributed by atoms with Crippen molar-refractivity contribution in [2.24, 2.45) is 0 Å². The molecule has 0 amide bonds. The summed E-state index contributed by atoms with van der Waals surface area (Å²) in [5.74, 6) is 0. The number of hydrogen-bond donors (Lipinski definition) is 0. The lowest BCUT2D eigenvalue weighted by Crippen LogP contribution is -2.28. The Balaban J connectivity index is 1.10. The molecule has 342 valence electrons. The van der Waals surface area contributed by atoms with Gasteiger partial charge in [0.25, 0.3) is 0 Å². The largest absolute Gasteiger partial charge is 0.307 e. The molecular weight excluding hydrogens is 897 g/mol. The zero-order chi connectivity index (χ0) is 49.1. The van der Waals surface area contributed by atoms with Crippen molar-refractivity contribution < 1.29 is 0 Å². The molecule has 0 saturated heterocycles. The SMILES string of the molecule is N#Cc1cc(C#N)c(-n2c3ccccc3c3c4c(ccc32)-c2ccccc2C4(c2ccccc2)c2ccccc2)c(-n2c3ccccc3c3c4c(ccc32)-c2ccccc2C4(c2ccccc2)c2ccccc2)c1. The second-order valence-corrected chi connectivity index (χ2v) is 19.6. The van der Waals surface area contributed by atoms with Crippen LogP contribution in [-0.2, 0) is 10.8 Å². The van der Waals surface area contributed by atoms with Crippen molar-refractivity contribution >= 4 is 43.6 Å². The molecule has 0 N–H and O–H groups in total. The fourth-order valence-corrected chi connectivity index (χ4v) is 13.7. The van der Waals surface area contributed by atoms with Crippen molar-refractivity contribution in [3.63, 3.8) is 0 Å². The van der Waals surface area contributed by atoms with Crippen LogP contribution in [0.15, 0.2) is 255 Å². The number of para-hydroxylation sites is 2. The maximum absolute atomic E-state index is 11.5. The second-order valence-electron chi connectivity index (χ2n) is 19.6. The third kappa shape index (κ3) is 5.33. The zero-order valence-corrected chi connectivity index (χ0v) is 40.0. The average molecular weight is 939 g/mol. The zero-order valence-electron chi connectivity index (χ0n) is 40.0. The molecule has 11 aromatic carbocycles. The topological polar surface area (TPSA) is 57.4 Å². The summed E-state index contributed by atoms with van der Waals surface area (Å²) in [7, 11) is 0. The molecule has 4 nitrogen and oxygen atoms in total. The van der Waals surface area contributed by atoms with E-state index in [1.165, 1.54) is 66.8 Å². The Kier molecular flexibility index (Phi) is 8.89. The minimum absolute atomic E-state index is 0.408. The van der Waals surface area contributed by atoms with Gasteiger partial charge < -0.3 is 9.13 Å². The number of nitrogens with zero attached hydrogens (tertiary/aromatic N) is 4. The fraction of sp³-hybridized carbons (Fsp3) is 0.0286. The Morgan fingerprint density at radius 1 is 0.324 bits per heavy atom. The Hall–Kier alpha value is -10.0. The van der Waals surface area contributed by atoms with Gasteiger partial charge in [-0.3, -0.25) is 0 Å². The molecule has 2 aromatic heterocycles. The highest BCUT2D eigenvalue weighted by molar-refractivity contribution is 6.18. The van der Waals surface area contributed by atoms with Crippen molar-refractivity contribution in [2.45, 2.75) is 10.8 Å². The molecule has 0 aliphatic heterocycles.